The monoisotopic (exact) mass is 198 g/mol. The molecule has 1 saturated heterocycles. The lowest BCUT2D eigenvalue weighted by molar-refractivity contribution is 0.140. The van der Waals surface area contributed by atoms with E-state index in [4.69, 9.17) is 10.3 Å². The van der Waals surface area contributed by atoms with Crippen LogP contribution < -0.4 is 0 Å². The molecule has 2 atom stereocenters. The maximum Gasteiger partial charge on any atom is 0.0505 e. The van der Waals surface area contributed by atoms with Crippen LogP contribution in [0.2, 0.25) is 0 Å². The van der Waals surface area contributed by atoms with E-state index in [1.165, 1.54) is 0 Å². The second-order valence-corrected chi connectivity index (χ2v) is 3.91. The van der Waals surface area contributed by atoms with Crippen LogP contribution in [0.3, 0.4) is 0 Å². The summed E-state index contributed by atoms with van der Waals surface area (Å²) >= 11 is 0. The highest BCUT2D eigenvalue weighted by Gasteiger charge is 2.28. The van der Waals surface area contributed by atoms with E-state index in [0.717, 1.165) is 26.2 Å². The number of likely N-dealkylation sites (tertiary alicyclic amines) is 1. The molecular weight excluding hydrogens is 180 g/mol. The van der Waals surface area contributed by atoms with E-state index in [1.807, 2.05) is 0 Å². The SMILES string of the molecule is COC[C@H]1CN(CCN=[N+]=[N-])C[C@@H]1C. The standard InChI is InChI=1S/C9H18N4O/c1-8-5-13(4-3-11-12-10)6-9(8)7-14-2/h8-9H,3-7H2,1-2H3/t8-,9+/m0/s1. The molecule has 0 saturated carbocycles. The summed E-state index contributed by atoms with van der Waals surface area (Å²) in [6.07, 6.45) is 0. The first-order chi connectivity index (χ1) is 6.77. The summed E-state index contributed by atoms with van der Waals surface area (Å²) in [6.45, 7) is 6.68. The minimum absolute atomic E-state index is 0.572. The quantitative estimate of drug-likeness (QED) is 0.382. The van der Waals surface area contributed by atoms with Gasteiger partial charge >= 0.3 is 0 Å². The third-order valence-electron chi connectivity index (χ3n) is 2.80. The van der Waals surface area contributed by atoms with Crippen LogP contribution in [0.15, 0.2) is 5.11 Å². The van der Waals surface area contributed by atoms with Gasteiger partial charge in [-0.2, -0.15) is 0 Å². The predicted molar refractivity (Wildman–Crippen MR) is 55.0 cm³/mol. The Morgan fingerprint density at radius 2 is 2.36 bits per heavy atom. The minimum atomic E-state index is 0.572. The van der Waals surface area contributed by atoms with E-state index in [2.05, 4.69) is 21.8 Å². The van der Waals surface area contributed by atoms with Gasteiger partial charge < -0.3 is 9.64 Å². The van der Waals surface area contributed by atoms with Crippen molar-refractivity contribution in [2.45, 2.75) is 6.92 Å². The summed E-state index contributed by atoms with van der Waals surface area (Å²) in [4.78, 5) is 5.08. The molecule has 0 spiro atoms. The first kappa shape index (κ1) is 11.3. The molecule has 0 N–H and O–H groups in total. The maximum atomic E-state index is 8.15. The van der Waals surface area contributed by atoms with Crippen molar-refractivity contribution in [1.29, 1.82) is 0 Å². The summed E-state index contributed by atoms with van der Waals surface area (Å²) in [6, 6.07) is 0. The van der Waals surface area contributed by atoms with Crippen molar-refractivity contribution in [3.8, 4) is 0 Å². The van der Waals surface area contributed by atoms with E-state index >= 15 is 0 Å². The lowest BCUT2D eigenvalue weighted by atomic mass is 10.00. The van der Waals surface area contributed by atoms with E-state index in [1.54, 1.807) is 7.11 Å². The van der Waals surface area contributed by atoms with Gasteiger partial charge in [-0.25, -0.2) is 0 Å². The highest BCUT2D eigenvalue weighted by Crippen LogP contribution is 2.22. The number of rotatable bonds is 5. The summed E-state index contributed by atoms with van der Waals surface area (Å²) in [5.74, 6) is 1.31. The Morgan fingerprint density at radius 3 is 3.00 bits per heavy atom. The molecule has 1 fully saturated rings. The van der Waals surface area contributed by atoms with Crippen LogP contribution >= 0.6 is 0 Å². The van der Waals surface area contributed by atoms with Crippen LogP contribution in [-0.2, 0) is 4.74 Å². The fraction of sp³-hybridized carbons (Fsp3) is 1.00. The number of methoxy groups -OCH3 is 1. The van der Waals surface area contributed by atoms with Crippen molar-refractivity contribution in [1.82, 2.24) is 4.90 Å². The summed E-state index contributed by atoms with van der Waals surface area (Å²) in [5.41, 5.74) is 8.15. The minimum Gasteiger partial charge on any atom is -0.384 e. The Balaban J connectivity index is 2.27. The van der Waals surface area contributed by atoms with E-state index in [0.29, 0.717) is 18.4 Å². The van der Waals surface area contributed by atoms with Gasteiger partial charge in [0.05, 0.1) is 6.61 Å². The van der Waals surface area contributed by atoms with Crippen molar-refractivity contribution >= 4 is 0 Å². The highest BCUT2D eigenvalue weighted by molar-refractivity contribution is 4.81. The summed E-state index contributed by atoms with van der Waals surface area (Å²) in [5, 5.41) is 3.54. The molecule has 0 aromatic rings. The molecule has 0 aromatic carbocycles. The first-order valence-electron chi connectivity index (χ1n) is 5.00. The molecule has 1 rings (SSSR count). The van der Waals surface area contributed by atoms with Crippen LogP contribution in [0.5, 0.6) is 0 Å². The van der Waals surface area contributed by atoms with E-state index < -0.39 is 0 Å². The second kappa shape index (κ2) is 5.86. The van der Waals surface area contributed by atoms with Gasteiger partial charge in [-0.3, -0.25) is 0 Å². The van der Waals surface area contributed by atoms with Gasteiger partial charge in [0.1, 0.15) is 0 Å². The van der Waals surface area contributed by atoms with Crippen LogP contribution in [-0.4, -0.2) is 44.8 Å². The number of azide groups is 1. The molecule has 0 aliphatic carbocycles. The van der Waals surface area contributed by atoms with Gasteiger partial charge in [0.2, 0.25) is 0 Å². The van der Waals surface area contributed by atoms with Gasteiger partial charge in [0.25, 0.3) is 0 Å². The van der Waals surface area contributed by atoms with Gasteiger partial charge in [0.15, 0.2) is 0 Å². The molecule has 0 aromatic heterocycles. The average molecular weight is 198 g/mol. The van der Waals surface area contributed by atoms with Crippen LogP contribution in [0.25, 0.3) is 10.4 Å². The zero-order valence-electron chi connectivity index (χ0n) is 8.89. The summed E-state index contributed by atoms with van der Waals surface area (Å²) in [7, 11) is 1.75. The normalized spacial score (nSPS) is 27.6. The molecule has 0 amide bonds. The maximum absolute atomic E-state index is 8.15. The fourth-order valence-electron chi connectivity index (χ4n) is 1.99. The Kier molecular flexibility index (Phi) is 4.73. The third-order valence-corrected chi connectivity index (χ3v) is 2.80. The second-order valence-electron chi connectivity index (χ2n) is 3.91. The lowest BCUT2D eigenvalue weighted by Gasteiger charge is -2.13. The molecular formula is C9H18N4O. The molecule has 1 heterocycles. The van der Waals surface area contributed by atoms with Gasteiger partial charge in [-0.1, -0.05) is 12.0 Å². The number of hydrogen-bond acceptors (Lipinski definition) is 3. The third kappa shape index (κ3) is 3.18. The van der Waals surface area contributed by atoms with Crippen molar-refractivity contribution in [2.24, 2.45) is 17.0 Å². The predicted octanol–water partition coefficient (Wildman–Crippen LogP) is 1.51. The van der Waals surface area contributed by atoms with Crippen LogP contribution in [0.4, 0.5) is 0 Å². The molecule has 1 aliphatic heterocycles. The molecule has 0 bridgehead atoms. The smallest absolute Gasteiger partial charge is 0.0505 e. The molecule has 5 nitrogen and oxygen atoms in total. The number of nitrogens with zero attached hydrogens (tertiary/aromatic N) is 4. The van der Waals surface area contributed by atoms with Crippen LogP contribution in [0.1, 0.15) is 6.92 Å². The Labute approximate surface area is 84.7 Å². The first-order valence-corrected chi connectivity index (χ1v) is 5.00. The number of ether oxygens (including phenoxy) is 1. The topological polar surface area (TPSA) is 61.2 Å². The van der Waals surface area contributed by atoms with Gasteiger partial charge in [-0.05, 0) is 17.4 Å². The zero-order chi connectivity index (χ0) is 10.4. The van der Waals surface area contributed by atoms with Crippen LogP contribution in [0, 0.1) is 11.8 Å². The molecule has 80 valence electrons. The van der Waals surface area contributed by atoms with Crippen molar-refractivity contribution in [3.63, 3.8) is 0 Å². The fourth-order valence-corrected chi connectivity index (χ4v) is 1.99. The summed E-state index contributed by atoms with van der Waals surface area (Å²) < 4.78 is 5.16. The number of hydrogen-bond donors (Lipinski definition) is 0. The molecule has 1 aliphatic rings. The Bertz CT molecular complexity index is 215. The molecule has 0 radical (unpaired) electrons. The lowest BCUT2D eigenvalue weighted by Crippen LogP contribution is -2.24. The van der Waals surface area contributed by atoms with Gasteiger partial charge in [0, 0.05) is 38.2 Å². The van der Waals surface area contributed by atoms with E-state index in [-0.39, 0.29) is 0 Å². The molecule has 14 heavy (non-hydrogen) atoms. The van der Waals surface area contributed by atoms with Crippen molar-refractivity contribution in [3.05, 3.63) is 10.4 Å². The van der Waals surface area contributed by atoms with Crippen molar-refractivity contribution < 1.29 is 4.74 Å². The van der Waals surface area contributed by atoms with E-state index in [9.17, 15) is 0 Å². The van der Waals surface area contributed by atoms with Crippen molar-refractivity contribution in [2.75, 3.05) is 39.9 Å². The molecule has 0 unspecified atom stereocenters. The highest BCUT2D eigenvalue weighted by atomic mass is 16.5. The average Bonchev–Trinajstić information content (AvgIpc) is 2.49. The largest absolute Gasteiger partial charge is 0.384 e. The molecule has 5 heteroatoms. The Hall–Kier alpha value is -0.770. The zero-order valence-corrected chi connectivity index (χ0v) is 8.89. The Morgan fingerprint density at radius 1 is 1.57 bits per heavy atom. The van der Waals surface area contributed by atoms with Gasteiger partial charge in [-0.15, -0.1) is 0 Å².